The molecule has 0 bridgehead atoms. The SMILES string of the molecule is N#Cc1cnc2ccc(OC(F)F)cc2c1NCCNC(=O)c1c(F)cccc1F. The van der Waals surface area contributed by atoms with Gasteiger partial charge in [-0.2, -0.15) is 14.0 Å². The van der Waals surface area contributed by atoms with Crippen molar-refractivity contribution in [3.63, 3.8) is 0 Å². The van der Waals surface area contributed by atoms with Crippen LogP contribution in [0.25, 0.3) is 10.9 Å². The molecule has 6 nitrogen and oxygen atoms in total. The molecule has 3 aromatic rings. The van der Waals surface area contributed by atoms with Crippen LogP contribution in [0.3, 0.4) is 0 Å². The highest BCUT2D eigenvalue weighted by atomic mass is 19.3. The van der Waals surface area contributed by atoms with Crippen molar-refractivity contribution in [2.24, 2.45) is 0 Å². The van der Waals surface area contributed by atoms with Gasteiger partial charge in [-0.05, 0) is 30.3 Å². The molecule has 0 aliphatic heterocycles. The van der Waals surface area contributed by atoms with Gasteiger partial charge in [-0.25, -0.2) is 8.78 Å². The summed E-state index contributed by atoms with van der Waals surface area (Å²) in [6.07, 6.45) is 1.31. The maximum Gasteiger partial charge on any atom is 0.387 e. The van der Waals surface area contributed by atoms with Gasteiger partial charge in [0.2, 0.25) is 0 Å². The van der Waals surface area contributed by atoms with Gasteiger partial charge in [-0.15, -0.1) is 0 Å². The minimum Gasteiger partial charge on any atom is -0.435 e. The van der Waals surface area contributed by atoms with E-state index < -0.39 is 29.7 Å². The number of fused-ring (bicyclic) bond motifs is 1. The zero-order valence-corrected chi connectivity index (χ0v) is 15.3. The standard InChI is InChI=1S/C20H14F4N4O2/c21-14-2-1-3-15(22)17(14)19(29)27-7-6-26-18-11(9-25)10-28-16-5-4-12(8-13(16)18)30-20(23)24/h1-5,8,10,20H,6-7H2,(H,26,28)(H,27,29). The van der Waals surface area contributed by atoms with Crippen LogP contribution in [0, 0.1) is 23.0 Å². The van der Waals surface area contributed by atoms with Crippen LogP contribution in [0.4, 0.5) is 23.2 Å². The predicted molar refractivity (Wildman–Crippen MR) is 100 cm³/mol. The number of amides is 1. The summed E-state index contributed by atoms with van der Waals surface area (Å²) < 4.78 is 56.7. The molecule has 2 aromatic carbocycles. The molecule has 3 rings (SSSR count). The second-order valence-corrected chi connectivity index (χ2v) is 6.00. The monoisotopic (exact) mass is 418 g/mol. The third kappa shape index (κ3) is 4.57. The van der Waals surface area contributed by atoms with E-state index >= 15 is 0 Å². The molecular weight excluding hydrogens is 404 g/mol. The molecule has 1 heterocycles. The van der Waals surface area contributed by atoms with Crippen molar-refractivity contribution in [1.29, 1.82) is 5.26 Å². The average molecular weight is 418 g/mol. The predicted octanol–water partition coefficient (Wildman–Crippen LogP) is 3.83. The van der Waals surface area contributed by atoms with Crippen molar-refractivity contribution >= 4 is 22.5 Å². The van der Waals surface area contributed by atoms with E-state index in [1.807, 2.05) is 6.07 Å². The Bertz CT molecular complexity index is 1110. The Balaban J connectivity index is 1.75. The van der Waals surface area contributed by atoms with Crippen LogP contribution in [0.15, 0.2) is 42.6 Å². The number of pyridine rings is 1. The number of hydrogen-bond acceptors (Lipinski definition) is 5. The lowest BCUT2D eigenvalue weighted by atomic mass is 10.1. The molecule has 0 spiro atoms. The fourth-order valence-corrected chi connectivity index (χ4v) is 2.79. The zero-order valence-electron chi connectivity index (χ0n) is 15.3. The number of carbonyl (C=O) groups is 1. The highest BCUT2D eigenvalue weighted by Gasteiger charge is 2.16. The first-order valence-electron chi connectivity index (χ1n) is 8.64. The van der Waals surface area contributed by atoms with Gasteiger partial charge in [0.1, 0.15) is 29.0 Å². The molecule has 0 aliphatic carbocycles. The molecule has 1 aromatic heterocycles. The summed E-state index contributed by atoms with van der Waals surface area (Å²) in [7, 11) is 0. The smallest absolute Gasteiger partial charge is 0.387 e. The van der Waals surface area contributed by atoms with Gasteiger partial charge in [0, 0.05) is 24.7 Å². The highest BCUT2D eigenvalue weighted by molar-refractivity contribution is 5.95. The fourth-order valence-electron chi connectivity index (χ4n) is 2.79. The van der Waals surface area contributed by atoms with E-state index in [0.717, 1.165) is 18.2 Å². The summed E-state index contributed by atoms with van der Waals surface area (Å²) in [5, 5.41) is 15.0. The van der Waals surface area contributed by atoms with Gasteiger partial charge in [-0.1, -0.05) is 6.07 Å². The minimum atomic E-state index is -3.01. The van der Waals surface area contributed by atoms with Crippen LogP contribution >= 0.6 is 0 Å². The summed E-state index contributed by atoms with van der Waals surface area (Å²) in [5.41, 5.74) is 0.172. The number of halogens is 4. The molecule has 0 aliphatic rings. The van der Waals surface area contributed by atoms with Crippen LogP contribution in [-0.4, -0.2) is 30.6 Å². The van der Waals surface area contributed by atoms with Crippen molar-refractivity contribution in [3.8, 4) is 11.8 Å². The van der Waals surface area contributed by atoms with Gasteiger partial charge < -0.3 is 15.4 Å². The maximum atomic E-state index is 13.7. The Hall–Kier alpha value is -3.87. The number of carbonyl (C=O) groups excluding carboxylic acids is 1. The lowest BCUT2D eigenvalue weighted by molar-refractivity contribution is -0.0497. The maximum absolute atomic E-state index is 13.7. The highest BCUT2D eigenvalue weighted by Crippen LogP contribution is 2.29. The van der Waals surface area contributed by atoms with Gasteiger partial charge in [0.15, 0.2) is 0 Å². The lowest BCUT2D eigenvalue weighted by Crippen LogP contribution is -2.30. The largest absolute Gasteiger partial charge is 0.435 e. The number of benzene rings is 2. The summed E-state index contributed by atoms with van der Waals surface area (Å²) in [6.45, 7) is -2.97. The lowest BCUT2D eigenvalue weighted by Gasteiger charge is -2.13. The Morgan fingerprint density at radius 2 is 1.90 bits per heavy atom. The molecule has 0 radical (unpaired) electrons. The van der Waals surface area contributed by atoms with E-state index in [4.69, 9.17) is 0 Å². The average Bonchev–Trinajstić information content (AvgIpc) is 2.70. The molecule has 1 amide bonds. The third-order valence-electron chi connectivity index (χ3n) is 4.09. The molecule has 0 saturated carbocycles. The normalized spacial score (nSPS) is 10.7. The van der Waals surface area contributed by atoms with E-state index in [1.54, 1.807) is 0 Å². The third-order valence-corrected chi connectivity index (χ3v) is 4.09. The number of anilines is 1. The van der Waals surface area contributed by atoms with Crippen LogP contribution < -0.4 is 15.4 Å². The van der Waals surface area contributed by atoms with Crippen molar-refractivity contribution in [2.75, 3.05) is 18.4 Å². The Morgan fingerprint density at radius 1 is 1.17 bits per heavy atom. The molecule has 30 heavy (non-hydrogen) atoms. The molecule has 0 saturated heterocycles. The van der Waals surface area contributed by atoms with E-state index in [2.05, 4.69) is 20.4 Å². The van der Waals surface area contributed by atoms with Crippen LogP contribution in [0.5, 0.6) is 5.75 Å². The minimum absolute atomic E-state index is 0.0332. The summed E-state index contributed by atoms with van der Waals surface area (Å²) in [5.74, 6) is -3.02. The van der Waals surface area contributed by atoms with Crippen LogP contribution in [-0.2, 0) is 0 Å². The Kier molecular flexibility index (Phi) is 6.32. The van der Waals surface area contributed by atoms with Gasteiger partial charge in [0.05, 0.1) is 16.8 Å². The molecule has 10 heteroatoms. The number of rotatable bonds is 7. The number of ether oxygens (including phenoxy) is 1. The summed E-state index contributed by atoms with van der Waals surface area (Å²) in [4.78, 5) is 16.1. The van der Waals surface area contributed by atoms with Gasteiger partial charge in [-0.3, -0.25) is 9.78 Å². The number of nitrogens with zero attached hydrogens (tertiary/aromatic N) is 2. The van der Waals surface area contributed by atoms with Crippen LogP contribution in [0.1, 0.15) is 15.9 Å². The van der Waals surface area contributed by atoms with E-state index in [0.29, 0.717) is 16.6 Å². The number of alkyl halides is 2. The van der Waals surface area contributed by atoms with E-state index in [9.17, 15) is 27.6 Å². The second kappa shape index (κ2) is 9.09. The first-order chi connectivity index (χ1) is 14.4. The molecule has 0 fully saturated rings. The summed E-state index contributed by atoms with van der Waals surface area (Å²) in [6, 6.07) is 9.11. The van der Waals surface area contributed by atoms with Crippen molar-refractivity contribution in [3.05, 3.63) is 65.4 Å². The molecule has 154 valence electrons. The van der Waals surface area contributed by atoms with Gasteiger partial charge in [0.25, 0.3) is 5.91 Å². The van der Waals surface area contributed by atoms with Crippen LogP contribution in [0.2, 0.25) is 0 Å². The fraction of sp³-hybridized carbons (Fsp3) is 0.150. The number of aromatic nitrogens is 1. The quantitative estimate of drug-likeness (QED) is 0.450. The van der Waals surface area contributed by atoms with Gasteiger partial charge >= 0.3 is 6.61 Å². The number of nitriles is 1. The topological polar surface area (TPSA) is 87.0 Å². The van der Waals surface area contributed by atoms with E-state index in [1.165, 1.54) is 24.4 Å². The second-order valence-electron chi connectivity index (χ2n) is 6.00. The molecule has 2 N–H and O–H groups in total. The van der Waals surface area contributed by atoms with Crippen molar-refractivity contribution in [2.45, 2.75) is 6.61 Å². The zero-order chi connectivity index (χ0) is 21.7. The molecule has 0 unspecified atom stereocenters. The van der Waals surface area contributed by atoms with Crippen molar-refractivity contribution in [1.82, 2.24) is 10.3 Å². The molecular formula is C20H14F4N4O2. The molecule has 0 atom stereocenters. The first kappa shape index (κ1) is 20.9. The Morgan fingerprint density at radius 3 is 2.57 bits per heavy atom. The first-order valence-corrected chi connectivity index (χ1v) is 8.64. The van der Waals surface area contributed by atoms with Crippen molar-refractivity contribution < 1.29 is 27.1 Å². The number of hydrogen-bond donors (Lipinski definition) is 2. The summed E-state index contributed by atoms with van der Waals surface area (Å²) >= 11 is 0. The Labute approximate surface area is 168 Å². The number of nitrogens with one attached hydrogen (secondary N) is 2. The van der Waals surface area contributed by atoms with E-state index in [-0.39, 0.29) is 24.4 Å².